The van der Waals surface area contributed by atoms with E-state index in [1.54, 1.807) is 18.2 Å². The van der Waals surface area contributed by atoms with Crippen LogP contribution in [0.15, 0.2) is 24.3 Å². The molecule has 1 aliphatic carbocycles. The second-order valence-electron chi connectivity index (χ2n) is 5.97. The number of halogens is 1. The van der Waals surface area contributed by atoms with Crippen LogP contribution >= 0.6 is 11.3 Å². The summed E-state index contributed by atoms with van der Waals surface area (Å²) in [4.78, 5) is 12.9. The van der Waals surface area contributed by atoms with Gasteiger partial charge in [0.25, 0.3) is 0 Å². The number of aryl methyl sites for hydroxylation is 1. The molecule has 0 radical (unpaired) electrons. The average Bonchev–Trinajstić information content (AvgIpc) is 3.18. The van der Waals surface area contributed by atoms with Crippen LogP contribution in [0.3, 0.4) is 0 Å². The van der Waals surface area contributed by atoms with E-state index >= 15 is 0 Å². The van der Waals surface area contributed by atoms with Gasteiger partial charge in [-0.3, -0.25) is 10.1 Å². The summed E-state index contributed by atoms with van der Waals surface area (Å²) in [6, 6.07) is 6.59. The third-order valence-electron chi connectivity index (χ3n) is 4.43. The monoisotopic (exact) mass is 333 g/mol. The van der Waals surface area contributed by atoms with Crippen LogP contribution in [0.4, 0.5) is 9.52 Å². The van der Waals surface area contributed by atoms with Crippen molar-refractivity contribution in [2.75, 3.05) is 5.32 Å². The molecule has 23 heavy (non-hydrogen) atoms. The fourth-order valence-corrected chi connectivity index (χ4v) is 4.12. The topological polar surface area (TPSA) is 54.9 Å². The van der Waals surface area contributed by atoms with Gasteiger partial charge in [0.2, 0.25) is 11.0 Å². The first-order valence-electron chi connectivity index (χ1n) is 8.04. The van der Waals surface area contributed by atoms with Crippen molar-refractivity contribution in [3.8, 4) is 0 Å². The highest BCUT2D eigenvalue weighted by Gasteiger charge is 2.44. The van der Waals surface area contributed by atoms with Crippen molar-refractivity contribution >= 4 is 22.4 Å². The number of nitrogens with zero attached hydrogens (tertiary/aromatic N) is 2. The molecule has 122 valence electrons. The lowest BCUT2D eigenvalue weighted by molar-refractivity contribution is -0.121. The van der Waals surface area contributed by atoms with Crippen LogP contribution in [-0.2, 0) is 16.6 Å². The lowest BCUT2D eigenvalue weighted by Gasteiger charge is -2.28. The number of amides is 1. The molecular formula is C17H20FN3OS. The summed E-state index contributed by atoms with van der Waals surface area (Å²) in [6.45, 7) is 2.07. The van der Waals surface area contributed by atoms with Crippen molar-refractivity contribution in [1.29, 1.82) is 0 Å². The Labute approximate surface area is 139 Å². The van der Waals surface area contributed by atoms with Crippen molar-refractivity contribution in [2.45, 2.75) is 50.9 Å². The number of nitrogens with one attached hydrogen (secondary N) is 1. The Kier molecular flexibility index (Phi) is 4.71. The first-order valence-corrected chi connectivity index (χ1v) is 8.86. The highest BCUT2D eigenvalue weighted by molar-refractivity contribution is 7.15. The second kappa shape index (κ2) is 6.74. The molecule has 1 aromatic carbocycles. The predicted molar refractivity (Wildman–Crippen MR) is 89.1 cm³/mol. The summed E-state index contributed by atoms with van der Waals surface area (Å²) in [5, 5.41) is 12.4. The van der Waals surface area contributed by atoms with Crippen molar-refractivity contribution in [3.05, 3.63) is 40.7 Å². The van der Waals surface area contributed by atoms with Gasteiger partial charge < -0.3 is 0 Å². The molecule has 0 unspecified atom stereocenters. The van der Waals surface area contributed by atoms with Gasteiger partial charge in [0.05, 0.1) is 5.41 Å². The summed E-state index contributed by atoms with van der Waals surface area (Å²) < 4.78 is 14.3. The summed E-state index contributed by atoms with van der Waals surface area (Å²) in [5.74, 6) is -0.479. The quantitative estimate of drug-likeness (QED) is 0.897. The first-order chi connectivity index (χ1) is 11.2. The van der Waals surface area contributed by atoms with E-state index in [9.17, 15) is 9.18 Å². The molecule has 1 heterocycles. The largest absolute Gasteiger partial charge is 0.300 e. The SMILES string of the molecule is CCCc1nnc(NC(=O)C2(c3ccccc3F)CCCC2)s1. The maximum Gasteiger partial charge on any atom is 0.236 e. The fraction of sp³-hybridized carbons (Fsp3) is 0.471. The lowest BCUT2D eigenvalue weighted by Crippen LogP contribution is -2.38. The molecule has 1 fully saturated rings. The van der Waals surface area contributed by atoms with Gasteiger partial charge in [0, 0.05) is 12.0 Å². The molecule has 0 saturated heterocycles. The predicted octanol–water partition coefficient (Wildman–Crippen LogP) is 4.08. The Balaban J connectivity index is 1.86. The van der Waals surface area contributed by atoms with Crippen LogP contribution < -0.4 is 5.32 Å². The van der Waals surface area contributed by atoms with Crippen molar-refractivity contribution in [3.63, 3.8) is 0 Å². The second-order valence-corrected chi connectivity index (χ2v) is 7.04. The number of rotatable bonds is 5. The van der Waals surface area contributed by atoms with Gasteiger partial charge in [-0.05, 0) is 25.3 Å². The zero-order valence-corrected chi connectivity index (χ0v) is 14.0. The molecule has 6 heteroatoms. The Morgan fingerprint density at radius 1 is 1.30 bits per heavy atom. The lowest BCUT2D eigenvalue weighted by atomic mass is 9.77. The van der Waals surface area contributed by atoms with E-state index in [0.29, 0.717) is 23.5 Å². The molecule has 0 atom stereocenters. The van der Waals surface area contributed by atoms with Gasteiger partial charge in [0.15, 0.2) is 0 Å². The van der Waals surface area contributed by atoms with Crippen LogP contribution in [-0.4, -0.2) is 16.1 Å². The zero-order valence-electron chi connectivity index (χ0n) is 13.1. The minimum absolute atomic E-state index is 0.167. The van der Waals surface area contributed by atoms with Crippen LogP contribution in [0.1, 0.15) is 49.6 Å². The third kappa shape index (κ3) is 3.13. The van der Waals surface area contributed by atoms with Gasteiger partial charge in [-0.15, -0.1) is 10.2 Å². The summed E-state index contributed by atoms with van der Waals surface area (Å²) >= 11 is 1.39. The van der Waals surface area contributed by atoms with E-state index in [-0.39, 0.29) is 11.7 Å². The number of carbonyl (C=O) groups is 1. The van der Waals surface area contributed by atoms with Gasteiger partial charge in [-0.1, -0.05) is 49.3 Å². The molecule has 1 N–H and O–H groups in total. The molecule has 1 aliphatic rings. The van der Waals surface area contributed by atoms with Gasteiger partial charge in [-0.25, -0.2) is 4.39 Å². The van der Waals surface area contributed by atoms with E-state index in [2.05, 4.69) is 22.4 Å². The summed E-state index contributed by atoms with van der Waals surface area (Å²) in [5.41, 5.74) is -0.296. The number of hydrogen-bond donors (Lipinski definition) is 1. The molecule has 0 spiro atoms. The molecule has 2 aromatic rings. The number of hydrogen-bond acceptors (Lipinski definition) is 4. The molecular weight excluding hydrogens is 313 g/mol. The number of anilines is 1. The minimum Gasteiger partial charge on any atom is -0.300 e. The number of aromatic nitrogens is 2. The first kappa shape index (κ1) is 16.1. The van der Waals surface area contributed by atoms with E-state index < -0.39 is 5.41 Å². The highest BCUT2D eigenvalue weighted by atomic mass is 32.1. The fourth-order valence-electron chi connectivity index (χ4n) is 3.28. The van der Waals surface area contributed by atoms with Crippen LogP contribution in [0.25, 0.3) is 0 Å². The zero-order chi connectivity index (χ0) is 16.3. The van der Waals surface area contributed by atoms with E-state index in [1.165, 1.54) is 17.4 Å². The third-order valence-corrected chi connectivity index (χ3v) is 5.33. The number of carbonyl (C=O) groups excluding carboxylic acids is 1. The van der Waals surface area contributed by atoms with Crippen molar-refractivity contribution in [2.24, 2.45) is 0 Å². The summed E-state index contributed by atoms with van der Waals surface area (Å²) in [7, 11) is 0. The Bertz CT molecular complexity index is 695. The Morgan fingerprint density at radius 3 is 2.74 bits per heavy atom. The number of benzene rings is 1. The van der Waals surface area contributed by atoms with Gasteiger partial charge >= 0.3 is 0 Å². The molecule has 3 rings (SSSR count). The molecule has 1 amide bonds. The Morgan fingerprint density at radius 2 is 2.04 bits per heavy atom. The van der Waals surface area contributed by atoms with Gasteiger partial charge in [0.1, 0.15) is 10.8 Å². The molecule has 1 aromatic heterocycles. The van der Waals surface area contributed by atoms with E-state index in [0.717, 1.165) is 30.7 Å². The maximum atomic E-state index is 14.3. The van der Waals surface area contributed by atoms with Crippen LogP contribution in [0.2, 0.25) is 0 Å². The van der Waals surface area contributed by atoms with Gasteiger partial charge in [-0.2, -0.15) is 0 Å². The molecule has 0 aliphatic heterocycles. The molecule has 4 nitrogen and oxygen atoms in total. The smallest absolute Gasteiger partial charge is 0.236 e. The summed E-state index contributed by atoms with van der Waals surface area (Å²) in [6.07, 6.45) is 5.03. The van der Waals surface area contributed by atoms with E-state index in [4.69, 9.17) is 0 Å². The molecule has 1 saturated carbocycles. The van der Waals surface area contributed by atoms with Crippen LogP contribution in [0.5, 0.6) is 0 Å². The van der Waals surface area contributed by atoms with Crippen molar-refractivity contribution in [1.82, 2.24) is 10.2 Å². The average molecular weight is 333 g/mol. The normalized spacial score (nSPS) is 16.4. The highest BCUT2D eigenvalue weighted by Crippen LogP contribution is 2.43. The van der Waals surface area contributed by atoms with Crippen molar-refractivity contribution < 1.29 is 9.18 Å². The maximum absolute atomic E-state index is 14.3. The Hall–Kier alpha value is -1.82. The molecule has 0 bridgehead atoms. The van der Waals surface area contributed by atoms with Crippen LogP contribution in [0, 0.1) is 5.82 Å². The minimum atomic E-state index is -0.790. The van der Waals surface area contributed by atoms with E-state index in [1.807, 2.05) is 0 Å². The standard InChI is InChI=1S/C17H20FN3OS/c1-2-7-14-20-21-16(23-14)19-15(22)17(10-5-6-11-17)12-8-3-4-9-13(12)18/h3-4,8-9H,2,5-7,10-11H2,1H3,(H,19,21,22).